The van der Waals surface area contributed by atoms with Crippen LogP contribution >= 0.6 is 0 Å². The van der Waals surface area contributed by atoms with Crippen molar-refractivity contribution in [3.05, 3.63) is 46.3 Å². The number of aromatic amines is 1. The van der Waals surface area contributed by atoms with E-state index in [4.69, 9.17) is 18.9 Å². The average molecular weight is 401 g/mol. The lowest BCUT2D eigenvalue weighted by atomic mass is 10.1. The zero-order valence-corrected chi connectivity index (χ0v) is 16.8. The number of benzene rings is 1. The molecule has 0 amide bonds. The quantitative estimate of drug-likeness (QED) is 0.586. The summed E-state index contributed by atoms with van der Waals surface area (Å²) in [7, 11) is 0. The minimum atomic E-state index is -0.722. The summed E-state index contributed by atoms with van der Waals surface area (Å²) in [6.45, 7) is 7.20. The van der Waals surface area contributed by atoms with Crippen LogP contribution in [0.3, 0.4) is 0 Å². The Bertz CT molecular complexity index is 958. The van der Waals surface area contributed by atoms with Gasteiger partial charge in [0.25, 0.3) is 0 Å². The summed E-state index contributed by atoms with van der Waals surface area (Å²) in [6, 6.07) is 4.80. The maximum Gasteiger partial charge on any atom is 0.355 e. The van der Waals surface area contributed by atoms with Crippen molar-refractivity contribution < 1.29 is 33.3 Å². The van der Waals surface area contributed by atoms with Crippen molar-refractivity contribution in [2.75, 3.05) is 19.8 Å². The Labute approximate surface area is 168 Å². The predicted molar refractivity (Wildman–Crippen MR) is 103 cm³/mol. The number of ketones is 1. The van der Waals surface area contributed by atoms with Crippen LogP contribution in [0, 0.1) is 13.8 Å². The fourth-order valence-electron chi connectivity index (χ4n) is 3.04. The molecule has 0 saturated carbocycles. The molecule has 0 atom stereocenters. The molecule has 0 aliphatic carbocycles. The number of hydrogen-bond donors (Lipinski definition) is 1. The second-order valence-corrected chi connectivity index (χ2v) is 6.94. The Hall–Kier alpha value is -3.29. The van der Waals surface area contributed by atoms with Crippen molar-refractivity contribution in [2.45, 2.75) is 33.8 Å². The van der Waals surface area contributed by atoms with E-state index < -0.39 is 18.5 Å². The van der Waals surface area contributed by atoms with Gasteiger partial charge in [-0.15, -0.1) is 0 Å². The minimum absolute atomic E-state index is 0.119. The highest BCUT2D eigenvalue weighted by Gasteiger charge is 2.25. The van der Waals surface area contributed by atoms with E-state index in [9.17, 15) is 14.4 Å². The number of Topliss-reactive ketones (excluding diaryl/α,β-unsaturated/α-hetero) is 1. The highest BCUT2D eigenvalue weighted by molar-refractivity contribution is 6.01. The van der Waals surface area contributed by atoms with Gasteiger partial charge in [-0.1, -0.05) is 0 Å². The molecule has 8 heteroatoms. The molecule has 0 unspecified atom stereocenters. The lowest BCUT2D eigenvalue weighted by Gasteiger charge is -2.18. The molecule has 0 fully saturated rings. The molecular weight excluding hydrogens is 378 g/mol. The van der Waals surface area contributed by atoms with Crippen molar-refractivity contribution in [1.29, 1.82) is 0 Å². The summed E-state index contributed by atoms with van der Waals surface area (Å²) in [5.74, 6) is -0.561. The molecular formula is C21H23NO7. The molecule has 1 aromatic carbocycles. The summed E-state index contributed by atoms with van der Waals surface area (Å²) >= 11 is 0. The van der Waals surface area contributed by atoms with E-state index in [0.717, 1.165) is 0 Å². The Morgan fingerprint density at radius 3 is 2.45 bits per heavy atom. The number of carbonyl (C=O) groups excluding carboxylic acids is 3. The number of nitrogens with one attached hydrogen (secondary N) is 1. The molecule has 8 nitrogen and oxygen atoms in total. The first kappa shape index (κ1) is 20.4. The van der Waals surface area contributed by atoms with Gasteiger partial charge in [-0.05, 0) is 51.5 Å². The minimum Gasteiger partial charge on any atom is -0.486 e. The van der Waals surface area contributed by atoms with Gasteiger partial charge in [0.1, 0.15) is 18.9 Å². The number of H-pyrrole nitrogens is 1. The highest BCUT2D eigenvalue weighted by atomic mass is 16.6. The molecule has 1 aliphatic heterocycles. The van der Waals surface area contributed by atoms with Crippen LogP contribution in [0.1, 0.15) is 56.3 Å². The SMILES string of the molecule is Cc1[nH]c(C(=O)OCC(=O)c2ccc3c(c2)OCCO3)c(C)c1C(=O)OC(C)C. The molecule has 154 valence electrons. The summed E-state index contributed by atoms with van der Waals surface area (Å²) in [5, 5.41) is 0. The van der Waals surface area contributed by atoms with E-state index in [-0.39, 0.29) is 17.6 Å². The summed E-state index contributed by atoms with van der Waals surface area (Å²) < 4.78 is 21.2. The third-order valence-electron chi connectivity index (χ3n) is 4.39. The Morgan fingerprint density at radius 2 is 1.76 bits per heavy atom. The number of rotatable bonds is 6. The molecule has 0 radical (unpaired) electrons. The molecule has 0 bridgehead atoms. The van der Waals surface area contributed by atoms with Gasteiger partial charge in [-0.2, -0.15) is 0 Å². The molecule has 1 aliphatic rings. The molecule has 29 heavy (non-hydrogen) atoms. The van der Waals surface area contributed by atoms with Crippen molar-refractivity contribution in [3.8, 4) is 11.5 Å². The Morgan fingerprint density at radius 1 is 1.07 bits per heavy atom. The topological polar surface area (TPSA) is 104 Å². The van der Waals surface area contributed by atoms with Gasteiger partial charge in [0, 0.05) is 11.3 Å². The van der Waals surface area contributed by atoms with Gasteiger partial charge < -0.3 is 23.9 Å². The molecule has 2 aromatic rings. The van der Waals surface area contributed by atoms with Gasteiger partial charge in [0.2, 0.25) is 0 Å². The molecule has 1 aromatic heterocycles. The summed E-state index contributed by atoms with van der Waals surface area (Å²) in [4.78, 5) is 39.9. The first-order valence-electron chi connectivity index (χ1n) is 9.28. The lowest BCUT2D eigenvalue weighted by Crippen LogP contribution is -2.18. The number of aryl methyl sites for hydroxylation is 1. The fourth-order valence-corrected chi connectivity index (χ4v) is 3.04. The third-order valence-corrected chi connectivity index (χ3v) is 4.39. The second kappa shape index (κ2) is 8.38. The summed E-state index contributed by atoms with van der Waals surface area (Å²) in [5.41, 5.74) is 1.68. The second-order valence-electron chi connectivity index (χ2n) is 6.94. The van der Waals surface area contributed by atoms with E-state index in [0.29, 0.717) is 47.1 Å². The van der Waals surface area contributed by atoms with Crippen LogP contribution in [0.15, 0.2) is 18.2 Å². The Balaban J connectivity index is 1.68. The van der Waals surface area contributed by atoms with Crippen molar-refractivity contribution in [3.63, 3.8) is 0 Å². The number of fused-ring (bicyclic) bond motifs is 1. The molecule has 2 heterocycles. The van der Waals surface area contributed by atoms with Gasteiger partial charge in [0.15, 0.2) is 23.9 Å². The van der Waals surface area contributed by atoms with E-state index in [1.807, 2.05) is 0 Å². The summed E-state index contributed by atoms with van der Waals surface area (Å²) in [6.07, 6.45) is -0.282. The van der Waals surface area contributed by atoms with E-state index in [1.54, 1.807) is 45.9 Å². The van der Waals surface area contributed by atoms with Crippen LogP contribution in [0.4, 0.5) is 0 Å². The van der Waals surface area contributed by atoms with Crippen molar-refractivity contribution in [1.82, 2.24) is 4.98 Å². The zero-order valence-electron chi connectivity index (χ0n) is 16.8. The molecule has 0 spiro atoms. The number of hydrogen-bond acceptors (Lipinski definition) is 7. The molecule has 3 rings (SSSR count). The maximum absolute atomic E-state index is 12.4. The number of carbonyl (C=O) groups is 3. The normalized spacial score (nSPS) is 12.6. The fraction of sp³-hybridized carbons (Fsp3) is 0.381. The van der Waals surface area contributed by atoms with Crippen LogP contribution < -0.4 is 9.47 Å². The highest BCUT2D eigenvalue weighted by Crippen LogP contribution is 2.31. The average Bonchev–Trinajstić information content (AvgIpc) is 2.99. The predicted octanol–water partition coefficient (Wildman–Crippen LogP) is 3.01. The van der Waals surface area contributed by atoms with Gasteiger partial charge in [-0.25, -0.2) is 9.59 Å². The maximum atomic E-state index is 12.4. The lowest BCUT2D eigenvalue weighted by molar-refractivity contribution is 0.0376. The van der Waals surface area contributed by atoms with Crippen molar-refractivity contribution in [2.24, 2.45) is 0 Å². The number of aromatic nitrogens is 1. The first-order chi connectivity index (χ1) is 13.8. The zero-order chi connectivity index (χ0) is 21.1. The van der Waals surface area contributed by atoms with Crippen LogP contribution in [0.2, 0.25) is 0 Å². The largest absolute Gasteiger partial charge is 0.486 e. The van der Waals surface area contributed by atoms with Crippen LogP contribution in [0.25, 0.3) is 0 Å². The van der Waals surface area contributed by atoms with Crippen LogP contribution in [-0.4, -0.2) is 48.6 Å². The van der Waals surface area contributed by atoms with Gasteiger partial charge >= 0.3 is 11.9 Å². The smallest absolute Gasteiger partial charge is 0.355 e. The van der Waals surface area contributed by atoms with E-state index in [2.05, 4.69) is 4.98 Å². The standard InChI is InChI=1S/C21H23NO7/c1-11(2)29-20(24)18-12(3)19(22-13(18)4)21(25)28-10-15(23)14-5-6-16-17(9-14)27-8-7-26-16/h5-6,9,11,22H,7-8,10H2,1-4H3. The number of esters is 2. The van der Waals surface area contributed by atoms with E-state index in [1.165, 1.54) is 0 Å². The van der Waals surface area contributed by atoms with Crippen LogP contribution in [0.5, 0.6) is 11.5 Å². The number of ether oxygens (including phenoxy) is 4. The Kier molecular flexibility index (Phi) is 5.91. The first-order valence-corrected chi connectivity index (χ1v) is 9.28. The molecule has 0 saturated heterocycles. The third kappa shape index (κ3) is 4.42. The van der Waals surface area contributed by atoms with Crippen molar-refractivity contribution >= 4 is 17.7 Å². The van der Waals surface area contributed by atoms with E-state index >= 15 is 0 Å². The monoisotopic (exact) mass is 401 g/mol. The van der Waals surface area contributed by atoms with Crippen LogP contribution in [-0.2, 0) is 9.47 Å². The van der Waals surface area contributed by atoms with Gasteiger partial charge in [0.05, 0.1) is 11.7 Å². The van der Waals surface area contributed by atoms with Gasteiger partial charge in [-0.3, -0.25) is 4.79 Å². The molecule has 1 N–H and O–H groups in total.